The predicted octanol–water partition coefficient (Wildman–Crippen LogP) is -0.177. The van der Waals surface area contributed by atoms with Crippen LogP contribution in [0.2, 0.25) is 0 Å². The number of hydrogen-bond acceptors (Lipinski definition) is 7. The molecule has 0 fully saturated rings. The average molecular weight is 377 g/mol. The molecule has 2 atom stereocenters. The third kappa shape index (κ3) is 3.23. The Bertz CT molecular complexity index is 971. The molecular weight excluding hydrogens is 354 g/mol. The number of nitrogens with two attached hydrogens (primary N) is 3. The van der Waals surface area contributed by atoms with Gasteiger partial charge < -0.3 is 22.6 Å². The third-order valence-electron chi connectivity index (χ3n) is 4.92. The molecule has 0 amide bonds. The first kappa shape index (κ1) is 17.8. The molecule has 0 spiro atoms. The van der Waals surface area contributed by atoms with Crippen molar-refractivity contribution in [2.75, 3.05) is 14.1 Å². The normalized spacial score (nSPS) is 28.5. The Balaban J connectivity index is 1.59. The van der Waals surface area contributed by atoms with E-state index < -0.39 is 0 Å². The van der Waals surface area contributed by atoms with Crippen LogP contribution in [-0.4, -0.2) is 54.1 Å². The number of hydrogen-bond donors (Lipinski definition) is 4. The molecule has 0 bridgehead atoms. The second kappa shape index (κ2) is 6.86. The van der Waals surface area contributed by atoms with Gasteiger partial charge in [0.2, 0.25) is 5.96 Å². The highest BCUT2D eigenvalue weighted by Crippen LogP contribution is 2.25. The molecule has 0 saturated heterocycles. The van der Waals surface area contributed by atoms with Crippen LogP contribution in [0.1, 0.15) is 0 Å². The van der Waals surface area contributed by atoms with Gasteiger partial charge in [-0.3, -0.25) is 5.01 Å². The van der Waals surface area contributed by atoms with Crippen LogP contribution in [0.25, 0.3) is 0 Å². The van der Waals surface area contributed by atoms with Crippen molar-refractivity contribution in [1.29, 1.82) is 0 Å². The second-order valence-corrected chi connectivity index (χ2v) is 6.85. The standard InChI is InChI=1S/C19H23N9/c1-27-17-5-3-11(7-13(17)15(20)9-23-27)25-19(22)26-12-4-6-18-14(8-12)16(21)10-24-28(18)2/h3-10,17-18,23H,20-21H2,1-2H3,(H2,22,26)/b25-11+. The number of nitrogens with one attached hydrogen (secondary N) is 1. The summed E-state index contributed by atoms with van der Waals surface area (Å²) in [7, 11) is 3.85. The van der Waals surface area contributed by atoms with Crippen LogP contribution in [-0.2, 0) is 0 Å². The molecule has 4 rings (SSSR count). The number of hydrazone groups is 1. The smallest absolute Gasteiger partial charge is 0.221 e. The number of aliphatic imine (C=N–C) groups is 2. The number of hydrazine groups is 1. The fourth-order valence-corrected chi connectivity index (χ4v) is 3.41. The van der Waals surface area contributed by atoms with Crippen molar-refractivity contribution in [2.45, 2.75) is 12.1 Å². The zero-order valence-electron chi connectivity index (χ0n) is 15.7. The highest BCUT2D eigenvalue weighted by Gasteiger charge is 2.25. The Morgan fingerprint density at radius 2 is 1.93 bits per heavy atom. The molecule has 9 heteroatoms. The molecule has 4 aliphatic rings. The molecule has 144 valence electrons. The number of likely N-dealkylation sites (N-methyl/N-ethyl adjacent to an activating group) is 2. The van der Waals surface area contributed by atoms with Gasteiger partial charge in [-0.25, -0.2) is 15.0 Å². The van der Waals surface area contributed by atoms with E-state index in [2.05, 4.69) is 20.5 Å². The van der Waals surface area contributed by atoms with E-state index in [1.54, 1.807) is 12.4 Å². The summed E-state index contributed by atoms with van der Waals surface area (Å²) in [5, 5.41) is 8.03. The number of allylic oxidation sites excluding steroid dienone is 4. The molecule has 2 aliphatic heterocycles. The first-order valence-corrected chi connectivity index (χ1v) is 8.86. The van der Waals surface area contributed by atoms with E-state index in [1.165, 1.54) is 0 Å². The first-order valence-electron chi connectivity index (χ1n) is 8.86. The van der Waals surface area contributed by atoms with E-state index in [0.717, 1.165) is 11.1 Å². The number of fused-ring (bicyclic) bond motifs is 2. The maximum atomic E-state index is 6.08. The van der Waals surface area contributed by atoms with Gasteiger partial charge in [-0.2, -0.15) is 5.10 Å². The summed E-state index contributed by atoms with van der Waals surface area (Å²) in [6.45, 7) is 0. The molecule has 0 aromatic carbocycles. The van der Waals surface area contributed by atoms with Crippen molar-refractivity contribution in [2.24, 2.45) is 32.3 Å². The van der Waals surface area contributed by atoms with Crippen molar-refractivity contribution in [3.63, 3.8) is 0 Å². The molecule has 0 saturated carbocycles. The molecule has 0 aromatic rings. The summed E-state index contributed by atoms with van der Waals surface area (Å²) in [5.74, 6) is 0.158. The summed E-state index contributed by atoms with van der Waals surface area (Å²) in [6.07, 6.45) is 15.0. The van der Waals surface area contributed by atoms with Crippen molar-refractivity contribution in [1.82, 2.24) is 15.4 Å². The lowest BCUT2D eigenvalue weighted by atomic mass is 9.95. The van der Waals surface area contributed by atoms with Gasteiger partial charge in [-0.15, -0.1) is 0 Å². The van der Waals surface area contributed by atoms with Gasteiger partial charge in [0.05, 0.1) is 41.1 Å². The monoisotopic (exact) mass is 377 g/mol. The zero-order chi connectivity index (χ0) is 19.8. The fourth-order valence-electron chi connectivity index (χ4n) is 3.41. The molecule has 28 heavy (non-hydrogen) atoms. The molecular formula is C19H23N9. The van der Waals surface area contributed by atoms with Gasteiger partial charge in [-0.05, 0) is 24.3 Å². The van der Waals surface area contributed by atoms with Crippen LogP contribution >= 0.6 is 0 Å². The lowest BCUT2D eigenvalue weighted by molar-refractivity contribution is 0.242. The topological polar surface area (TPSA) is 134 Å². The maximum absolute atomic E-state index is 6.08. The summed E-state index contributed by atoms with van der Waals surface area (Å²) >= 11 is 0. The molecule has 2 unspecified atom stereocenters. The summed E-state index contributed by atoms with van der Waals surface area (Å²) in [5.41, 5.74) is 25.9. The first-order chi connectivity index (χ1) is 13.4. The number of guanidine groups is 1. The minimum Gasteiger partial charge on any atom is -0.397 e. The van der Waals surface area contributed by atoms with Crippen molar-refractivity contribution in [3.05, 3.63) is 70.9 Å². The second-order valence-electron chi connectivity index (χ2n) is 6.85. The SMILES string of the molecule is CN1N=CC(N)=C2C=C(N=C(N)/N=C3\C=CC4C(=C3)C(N)=CNN4C)C=CC21. The Hall–Kier alpha value is -3.59. The zero-order valence-corrected chi connectivity index (χ0v) is 15.7. The highest BCUT2D eigenvalue weighted by atomic mass is 15.5. The molecule has 9 nitrogen and oxygen atoms in total. The number of nitrogens with zero attached hydrogens (tertiary/aromatic N) is 5. The fraction of sp³-hybridized carbons (Fsp3) is 0.211. The van der Waals surface area contributed by atoms with Crippen LogP contribution < -0.4 is 22.6 Å². The highest BCUT2D eigenvalue weighted by molar-refractivity contribution is 6.11. The van der Waals surface area contributed by atoms with Crippen LogP contribution in [0.4, 0.5) is 0 Å². The maximum Gasteiger partial charge on any atom is 0.221 e. The van der Waals surface area contributed by atoms with E-state index in [4.69, 9.17) is 17.2 Å². The van der Waals surface area contributed by atoms with Crippen LogP contribution in [0.15, 0.2) is 86.0 Å². The van der Waals surface area contributed by atoms with Crippen molar-refractivity contribution < 1.29 is 0 Å². The lowest BCUT2D eigenvalue weighted by Gasteiger charge is -2.33. The Kier molecular flexibility index (Phi) is 4.36. The van der Waals surface area contributed by atoms with Crippen LogP contribution in [0.3, 0.4) is 0 Å². The van der Waals surface area contributed by atoms with Gasteiger partial charge >= 0.3 is 0 Å². The van der Waals surface area contributed by atoms with E-state index in [9.17, 15) is 0 Å². The van der Waals surface area contributed by atoms with Gasteiger partial charge in [0, 0.05) is 31.4 Å². The molecule has 2 aliphatic carbocycles. The molecule has 0 radical (unpaired) electrons. The van der Waals surface area contributed by atoms with Crippen LogP contribution in [0.5, 0.6) is 0 Å². The molecule has 7 N–H and O–H groups in total. The summed E-state index contributed by atoms with van der Waals surface area (Å²) < 4.78 is 0. The van der Waals surface area contributed by atoms with E-state index in [-0.39, 0.29) is 18.0 Å². The van der Waals surface area contributed by atoms with Gasteiger partial charge in [0.25, 0.3) is 0 Å². The van der Waals surface area contributed by atoms with Gasteiger partial charge in [-0.1, -0.05) is 12.2 Å². The van der Waals surface area contributed by atoms with Crippen LogP contribution in [0, 0.1) is 0 Å². The Morgan fingerprint density at radius 1 is 1.14 bits per heavy atom. The van der Waals surface area contributed by atoms with Crippen molar-refractivity contribution in [3.8, 4) is 0 Å². The molecule has 0 aromatic heterocycles. The summed E-state index contributed by atoms with van der Waals surface area (Å²) in [4.78, 5) is 8.83. The van der Waals surface area contributed by atoms with Gasteiger partial charge in [0.1, 0.15) is 0 Å². The Labute approximate surface area is 163 Å². The largest absolute Gasteiger partial charge is 0.397 e. The predicted molar refractivity (Wildman–Crippen MR) is 112 cm³/mol. The third-order valence-corrected chi connectivity index (χ3v) is 4.92. The summed E-state index contributed by atoms with van der Waals surface area (Å²) in [6, 6.07) is 0.0639. The Morgan fingerprint density at radius 3 is 2.75 bits per heavy atom. The van der Waals surface area contributed by atoms with E-state index in [0.29, 0.717) is 22.8 Å². The number of rotatable bonds is 1. The van der Waals surface area contributed by atoms with Crippen molar-refractivity contribution >= 4 is 17.9 Å². The van der Waals surface area contributed by atoms with E-state index in [1.807, 2.05) is 60.6 Å². The average Bonchev–Trinajstić information content (AvgIpc) is 2.68. The van der Waals surface area contributed by atoms with E-state index >= 15 is 0 Å². The quantitative estimate of drug-likeness (QED) is 0.370. The minimum atomic E-state index is 0.00564. The minimum absolute atomic E-state index is 0.00564. The molecule has 2 heterocycles. The van der Waals surface area contributed by atoms with Gasteiger partial charge in [0.15, 0.2) is 0 Å². The lowest BCUT2D eigenvalue weighted by Crippen LogP contribution is -2.46.